The van der Waals surface area contributed by atoms with Gasteiger partial charge >= 0.3 is 5.97 Å². The number of nitrogens with two attached hydrogens (primary N) is 2. The molecule has 2 aromatic heterocycles. The SMILES string of the molecule is CC(N)Cc1nc(C(=O)O)c2c(N)cccn12. The number of hydrogen-bond acceptors (Lipinski definition) is 4. The first kappa shape index (κ1) is 11.4. The summed E-state index contributed by atoms with van der Waals surface area (Å²) >= 11 is 0. The Morgan fingerprint density at radius 2 is 2.35 bits per heavy atom. The van der Waals surface area contributed by atoms with Crippen LogP contribution in [0.5, 0.6) is 0 Å². The number of fused-ring (bicyclic) bond motifs is 1. The highest BCUT2D eigenvalue weighted by Gasteiger charge is 2.18. The minimum Gasteiger partial charge on any atom is -0.476 e. The molecular weight excluding hydrogens is 220 g/mol. The number of pyridine rings is 1. The van der Waals surface area contributed by atoms with E-state index in [-0.39, 0.29) is 11.7 Å². The molecule has 5 N–H and O–H groups in total. The molecule has 0 aromatic carbocycles. The first-order chi connectivity index (χ1) is 8.00. The average Bonchev–Trinajstić information content (AvgIpc) is 2.58. The topological polar surface area (TPSA) is 107 Å². The molecule has 2 rings (SSSR count). The van der Waals surface area contributed by atoms with E-state index in [1.165, 1.54) is 0 Å². The third-order valence-corrected chi connectivity index (χ3v) is 2.48. The molecule has 2 heterocycles. The van der Waals surface area contributed by atoms with Crippen molar-refractivity contribution in [2.75, 3.05) is 5.73 Å². The summed E-state index contributed by atoms with van der Waals surface area (Å²) in [6, 6.07) is 3.31. The lowest BCUT2D eigenvalue weighted by molar-refractivity contribution is 0.0693. The van der Waals surface area contributed by atoms with Crippen molar-refractivity contribution in [2.45, 2.75) is 19.4 Å². The normalized spacial score (nSPS) is 12.8. The van der Waals surface area contributed by atoms with Crippen molar-refractivity contribution in [3.63, 3.8) is 0 Å². The second-order valence-electron chi connectivity index (χ2n) is 4.05. The van der Waals surface area contributed by atoms with E-state index >= 15 is 0 Å². The van der Waals surface area contributed by atoms with Gasteiger partial charge in [0.1, 0.15) is 11.3 Å². The number of aromatic nitrogens is 2. The molecule has 0 aliphatic carbocycles. The van der Waals surface area contributed by atoms with E-state index in [0.29, 0.717) is 23.4 Å². The van der Waals surface area contributed by atoms with Crippen molar-refractivity contribution in [3.05, 3.63) is 29.8 Å². The van der Waals surface area contributed by atoms with Crippen LogP contribution < -0.4 is 11.5 Å². The number of anilines is 1. The summed E-state index contributed by atoms with van der Waals surface area (Å²) in [7, 11) is 0. The van der Waals surface area contributed by atoms with Gasteiger partial charge in [-0.3, -0.25) is 0 Å². The zero-order valence-electron chi connectivity index (χ0n) is 9.42. The Kier molecular flexibility index (Phi) is 2.72. The second-order valence-corrected chi connectivity index (χ2v) is 4.05. The number of carboxylic acids is 1. The average molecular weight is 234 g/mol. The van der Waals surface area contributed by atoms with Gasteiger partial charge < -0.3 is 21.0 Å². The Bertz CT molecular complexity index is 574. The van der Waals surface area contributed by atoms with Gasteiger partial charge in [-0.25, -0.2) is 9.78 Å². The van der Waals surface area contributed by atoms with Gasteiger partial charge in [0.2, 0.25) is 0 Å². The lowest BCUT2D eigenvalue weighted by Gasteiger charge is -2.04. The van der Waals surface area contributed by atoms with Crippen LogP contribution in [0.25, 0.3) is 5.52 Å². The molecule has 0 fully saturated rings. The van der Waals surface area contributed by atoms with E-state index in [2.05, 4.69) is 4.98 Å². The number of rotatable bonds is 3. The summed E-state index contributed by atoms with van der Waals surface area (Å²) in [6.07, 6.45) is 2.24. The van der Waals surface area contributed by atoms with E-state index in [9.17, 15) is 4.79 Å². The van der Waals surface area contributed by atoms with Crippen LogP contribution in [-0.2, 0) is 6.42 Å². The molecule has 6 heteroatoms. The molecule has 17 heavy (non-hydrogen) atoms. The minimum absolute atomic E-state index is 0.0289. The van der Waals surface area contributed by atoms with E-state index < -0.39 is 5.97 Å². The van der Waals surface area contributed by atoms with Crippen molar-refractivity contribution in [2.24, 2.45) is 5.73 Å². The maximum atomic E-state index is 11.1. The van der Waals surface area contributed by atoms with Gasteiger partial charge in [0, 0.05) is 18.7 Å². The maximum absolute atomic E-state index is 11.1. The first-order valence-electron chi connectivity index (χ1n) is 5.25. The summed E-state index contributed by atoms with van der Waals surface area (Å²) in [5, 5.41) is 9.09. The molecule has 0 spiro atoms. The van der Waals surface area contributed by atoms with Gasteiger partial charge in [-0.2, -0.15) is 0 Å². The van der Waals surface area contributed by atoms with Gasteiger partial charge in [-0.05, 0) is 19.1 Å². The fraction of sp³-hybridized carbons (Fsp3) is 0.273. The van der Waals surface area contributed by atoms with Crippen molar-refractivity contribution < 1.29 is 9.90 Å². The summed E-state index contributed by atoms with van der Waals surface area (Å²) in [6.45, 7) is 1.84. The van der Waals surface area contributed by atoms with Crippen molar-refractivity contribution >= 4 is 17.2 Å². The van der Waals surface area contributed by atoms with Crippen LogP contribution in [0.3, 0.4) is 0 Å². The highest BCUT2D eigenvalue weighted by Crippen LogP contribution is 2.20. The smallest absolute Gasteiger partial charge is 0.356 e. The Morgan fingerprint density at radius 3 is 2.94 bits per heavy atom. The lowest BCUT2D eigenvalue weighted by atomic mass is 10.2. The van der Waals surface area contributed by atoms with Crippen molar-refractivity contribution in [1.29, 1.82) is 0 Å². The highest BCUT2D eigenvalue weighted by molar-refractivity contribution is 5.97. The quantitative estimate of drug-likeness (QED) is 0.717. The molecule has 1 unspecified atom stereocenters. The third kappa shape index (κ3) is 1.94. The molecule has 0 saturated carbocycles. The molecule has 0 saturated heterocycles. The zero-order chi connectivity index (χ0) is 12.6. The van der Waals surface area contributed by atoms with E-state index in [0.717, 1.165) is 0 Å². The van der Waals surface area contributed by atoms with Gasteiger partial charge in [-0.15, -0.1) is 0 Å². The lowest BCUT2D eigenvalue weighted by Crippen LogP contribution is -2.19. The molecule has 90 valence electrons. The molecule has 0 aliphatic heterocycles. The van der Waals surface area contributed by atoms with Crippen molar-refractivity contribution in [3.8, 4) is 0 Å². The Morgan fingerprint density at radius 1 is 1.65 bits per heavy atom. The molecular formula is C11H14N4O2. The highest BCUT2D eigenvalue weighted by atomic mass is 16.4. The predicted molar refractivity (Wildman–Crippen MR) is 63.9 cm³/mol. The fourth-order valence-corrected chi connectivity index (χ4v) is 1.81. The zero-order valence-corrected chi connectivity index (χ0v) is 9.42. The van der Waals surface area contributed by atoms with Gasteiger partial charge in [0.15, 0.2) is 5.69 Å². The first-order valence-corrected chi connectivity index (χ1v) is 5.25. The minimum atomic E-state index is -1.09. The second kappa shape index (κ2) is 4.06. The predicted octanol–water partition coefficient (Wildman–Crippen LogP) is 0.504. The number of hydrogen-bond donors (Lipinski definition) is 3. The van der Waals surface area contributed by atoms with E-state index in [1.807, 2.05) is 6.92 Å². The summed E-state index contributed by atoms with van der Waals surface area (Å²) in [4.78, 5) is 15.2. The largest absolute Gasteiger partial charge is 0.476 e. The van der Waals surface area contributed by atoms with E-state index in [4.69, 9.17) is 16.6 Å². The summed E-state index contributed by atoms with van der Waals surface area (Å²) in [5.74, 6) is -0.476. The van der Waals surface area contributed by atoms with E-state index in [1.54, 1.807) is 22.7 Å². The standard InChI is InChI=1S/C11H14N4O2/c1-6(12)5-8-14-9(11(16)17)10-7(13)3-2-4-15(8)10/h2-4,6H,5,12-13H2,1H3,(H,16,17). The maximum Gasteiger partial charge on any atom is 0.356 e. The van der Waals surface area contributed by atoms with Crippen LogP contribution in [-0.4, -0.2) is 26.5 Å². The van der Waals surface area contributed by atoms with Crippen molar-refractivity contribution in [1.82, 2.24) is 9.38 Å². The Labute approximate surface area is 97.9 Å². The number of nitrogens with zero attached hydrogens (tertiary/aromatic N) is 2. The summed E-state index contributed by atoms with van der Waals surface area (Å²) in [5.41, 5.74) is 12.3. The summed E-state index contributed by atoms with van der Waals surface area (Å²) < 4.78 is 1.68. The van der Waals surface area contributed by atoms with Crippen LogP contribution >= 0.6 is 0 Å². The Balaban J connectivity index is 2.71. The number of carboxylic acid groups (broad SMARTS) is 1. The van der Waals surface area contributed by atoms with Crippen LogP contribution in [0.2, 0.25) is 0 Å². The molecule has 1 atom stereocenters. The Hall–Kier alpha value is -2.08. The van der Waals surface area contributed by atoms with Crippen LogP contribution in [0.4, 0.5) is 5.69 Å². The third-order valence-electron chi connectivity index (χ3n) is 2.48. The van der Waals surface area contributed by atoms with Crippen LogP contribution in [0.15, 0.2) is 18.3 Å². The number of carbonyl (C=O) groups is 1. The van der Waals surface area contributed by atoms with Crippen LogP contribution in [0.1, 0.15) is 23.2 Å². The monoisotopic (exact) mass is 234 g/mol. The molecule has 0 amide bonds. The molecule has 6 nitrogen and oxygen atoms in total. The number of aromatic carboxylic acids is 1. The van der Waals surface area contributed by atoms with Gasteiger partial charge in [0.25, 0.3) is 0 Å². The van der Waals surface area contributed by atoms with Gasteiger partial charge in [-0.1, -0.05) is 0 Å². The molecule has 0 radical (unpaired) electrons. The van der Waals surface area contributed by atoms with Crippen LogP contribution in [0, 0.1) is 0 Å². The molecule has 0 bridgehead atoms. The number of nitrogen functional groups attached to an aromatic ring is 1. The molecule has 0 aliphatic rings. The number of imidazole rings is 1. The fourth-order valence-electron chi connectivity index (χ4n) is 1.81. The van der Waals surface area contributed by atoms with Gasteiger partial charge in [0.05, 0.1) is 5.69 Å². The molecule has 2 aromatic rings.